The molecule has 1 aliphatic rings. The zero-order chi connectivity index (χ0) is 19.5. The number of aryl methyl sites for hydroxylation is 1. The van der Waals surface area contributed by atoms with Gasteiger partial charge in [-0.05, 0) is 31.2 Å². The van der Waals surface area contributed by atoms with E-state index in [1.807, 2.05) is 65.0 Å². The van der Waals surface area contributed by atoms with Crippen molar-refractivity contribution >= 4 is 17.2 Å². The quantitative estimate of drug-likeness (QED) is 0.680. The highest BCUT2D eigenvalue weighted by Gasteiger charge is 2.23. The number of benzene rings is 1. The Morgan fingerprint density at radius 2 is 1.82 bits per heavy atom. The molecule has 0 unspecified atom stereocenters. The Hall–Kier alpha value is -3.22. The van der Waals surface area contributed by atoms with Gasteiger partial charge >= 0.3 is 0 Å². The summed E-state index contributed by atoms with van der Waals surface area (Å²) < 4.78 is 13.1. The van der Waals surface area contributed by atoms with Crippen LogP contribution in [0.15, 0.2) is 48.8 Å². The van der Waals surface area contributed by atoms with E-state index < -0.39 is 0 Å². The van der Waals surface area contributed by atoms with Crippen LogP contribution in [0.1, 0.15) is 5.69 Å². The molecule has 0 aliphatic carbocycles. The van der Waals surface area contributed by atoms with Gasteiger partial charge in [-0.15, -0.1) is 0 Å². The third kappa shape index (κ3) is 3.60. The topological polar surface area (TPSA) is 59.3 Å². The normalized spacial score (nSPS) is 14.4. The number of pyridine rings is 1. The molecule has 0 N–H and O–H groups in total. The van der Waals surface area contributed by atoms with Gasteiger partial charge in [0.1, 0.15) is 5.75 Å². The first-order chi connectivity index (χ1) is 13.7. The summed E-state index contributed by atoms with van der Waals surface area (Å²) in [7, 11) is 1.68. The van der Waals surface area contributed by atoms with Gasteiger partial charge in [0.25, 0.3) is 5.91 Å². The van der Waals surface area contributed by atoms with Crippen LogP contribution in [0.4, 0.5) is 5.69 Å². The van der Waals surface area contributed by atoms with Crippen LogP contribution in [0.5, 0.6) is 11.5 Å². The van der Waals surface area contributed by atoms with Crippen LogP contribution >= 0.6 is 0 Å². The molecule has 3 heterocycles. The predicted octanol–water partition coefficient (Wildman–Crippen LogP) is 2.38. The largest absolute Gasteiger partial charge is 0.495 e. The summed E-state index contributed by atoms with van der Waals surface area (Å²) in [5.41, 5.74) is 2.71. The predicted molar refractivity (Wildman–Crippen MR) is 107 cm³/mol. The minimum Gasteiger partial charge on any atom is -0.495 e. The summed E-state index contributed by atoms with van der Waals surface area (Å²) >= 11 is 0. The maximum absolute atomic E-state index is 12.6. The van der Waals surface area contributed by atoms with Crippen molar-refractivity contribution < 1.29 is 14.3 Å². The number of ether oxygens (including phenoxy) is 2. The monoisotopic (exact) mass is 380 g/mol. The molecule has 0 atom stereocenters. The van der Waals surface area contributed by atoms with Gasteiger partial charge in [-0.1, -0.05) is 12.1 Å². The second kappa shape index (κ2) is 7.80. The highest BCUT2D eigenvalue weighted by atomic mass is 16.5. The summed E-state index contributed by atoms with van der Waals surface area (Å²) in [6.07, 6.45) is 3.85. The van der Waals surface area contributed by atoms with Crippen molar-refractivity contribution in [3.8, 4) is 11.5 Å². The second-order valence-electron chi connectivity index (χ2n) is 6.81. The van der Waals surface area contributed by atoms with Gasteiger partial charge in [-0.2, -0.15) is 0 Å². The molecule has 1 aliphatic heterocycles. The number of para-hydroxylation sites is 2. The van der Waals surface area contributed by atoms with Gasteiger partial charge in [-0.3, -0.25) is 4.79 Å². The number of rotatable bonds is 5. The number of nitrogens with zero attached hydrogens (tertiary/aromatic N) is 4. The van der Waals surface area contributed by atoms with Crippen LogP contribution in [0, 0.1) is 6.92 Å². The van der Waals surface area contributed by atoms with E-state index in [0.29, 0.717) is 18.8 Å². The smallest absolute Gasteiger partial charge is 0.260 e. The second-order valence-corrected chi connectivity index (χ2v) is 6.81. The van der Waals surface area contributed by atoms with Gasteiger partial charge < -0.3 is 23.7 Å². The summed E-state index contributed by atoms with van der Waals surface area (Å²) in [6.45, 7) is 4.80. The lowest BCUT2D eigenvalue weighted by Crippen LogP contribution is -2.50. The SMILES string of the molecule is COc1ccccc1N1CCN(C(=O)COc2cccn3cc(C)nc23)CC1. The first kappa shape index (κ1) is 18.2. The van der Waals surface area contributed by atoms with Gasteiger partial charge in [0.15, 0.2) is 18.0 Å². The molecule has 28 heavy (non-hydrogen) atoms. The Morgan fingerprint density at radius 1 is 1.07 bits per heavy atom. The Bertz CT molecular complexity index is 977. The third-order valence-corrected chi connectivity index (χ3v) is 4.98. The van der Waals surface area contributed by atoms with E-state index in [2.05, 4.69) is 9.88 Å². The lowest BCUT2D eigenvalue weighted by molar-refractivity contribution is -0.133. The maximum Gasteiger partial charge on any atom is 0.260 e. The molecule has 1 amide bonds. The highest BCUT2D eigenvalue weighted by molar-refractivity contribution is 5.78. The summed E-state index contributed by atoms with van der Waals surface area (Å²) in [6, 6.07) is 11.7. The molecule has 0 bridgehead atoms. The number of carbonyl (C=O) groups is 1. The third-order valence-electron chi connectivity index (χ3n) is 4.98. The molecule has 1 aromatic carbocycles. The number of imidazole rings is 1. The Morgan fingerprint density at radius 3 is 2.61 bits per heavy atom. The highest BCUT2D eigenvalue weighted by Crippen LogP contribution is 2.28. The van der Waals surface area contributed by atoms with E-state index in [0.717, 1.165) is 35.9 Å². The number of aromatic nitrogens is 2. The van der Waals surface area contributed by atoms with Crippen LogP contribution < -0.4 is 14.4 Å². The first-order valence-corrected chi connectivity index (χ1v) is 9.38. The molecule has 1 saturated heterocycles. The summed E-state index contributed by atoms with van der Waals surface area (Å²) in [4.78, 5) is 21.2. The Balaban J connectivity index is 1.35. The van der Waals surface area contributed by atoms with Gasteiger partial charge in [-0.25, -0.2) is 4.98 Å². The molecule has 2 aromatic heterocycles. The fraction of sp³-hybridized carbons (Fsp3) is 0.333. The minimum absolute atomic E-state index is 0.00930. The molecular formula is C21H24N4O3. The number of hydrogen-bond acceptors (Lipinski definition) is 5. The number of hydrogen-bond donors (Lipinski definition) is 0. The van der Waals surface area contributed by atoms with E-state index in [-0.39, 0.29) is 12.5 Å². The van der Waals surface area contributed by atoms with Crippen molar-refractivity contribution in [2.75, 3.05) is 44.8 Å². The Labute approximate surface area is 164 Å². The first-order valence-electron chi connectivity index (χ1n) is 9.38. The van der Waals surface area contributed by atoms with Crippen molar-refractivity contribution in [2.24, 2.45) is 0 Å². The summed E-state index contributed by atoms with van der Waals surface area (Å²) in [5, 5.41) is 0. The molecular weight excluding hydrogens is 356 g/mol. The summed E-state index contributed by atoms with van der Waals surface area (Å²) in [5.74, 6) is 1.47. The van der Waals surface area contributed by atoms with Crippen molar-refractivity contribution in [3.05, 3.63) is 54.5 Å². The van der Waals surface area contributed by atoms with Gasteiger partial charge in [0, 0.05) is 38.6 Å². The van der Waals surface area contributed by atoms with Crippen LogP contribution in [-0.2, 0) is 4.79 Å². The van der Waals surface area contributed by atoms with Crippen molar-refractivity contribution in [1.82, 2.24) is 14.3 Å². The standard InChI is InChI=1S/C21H24N4O3/c1-16-14-25-9-5-8-19(21(25)22-16)28-15-20(26)24-12-10-23(11-13-24)17-6-3-4-7-18(17)27-2/h3-9,14H,10-13,15H2,1-2H3. The lowest BCUT2D eigenvalue weighted by atomic mass is 10.2. The molecule has 1 fully saturated rings. The van der Waals surface area contributed by atoms with Gasteiger partial charge in [0.05, 0.1) is 18.5 Å². The molecule has 146 valence electrons. The number of amides is 1. The van der Waals surface area contributed by atoms with Gasteiger partial charge in [0.2, 0.25) is 0 Å². The number of carbonyl (C=O) groups excluding carboxylic acids is 1. The van der Waals surface area contributed by atoms with Crippen LogP contribution in [0.3, 0.4) is 0 Å². The number of fused-ring (bicyclic) bond motifs is 1. The van der Waals surface area contributed by atoms with Crippen LogP contribution in [0.2, 0.25) is 0 Å². The van der Waals surface area contributed by atoms with E-state index in [1.165, 1.54) is 0 Å². The number of piperazine rings is 1. The van der Waals surface area contributed by atoms with Crippen molar-refractivity contribution in [3.63, 3.8) is 0 Å². The molecule has 0 radical (unpaired) electrons. The molecule has 0 saturated carbocycles. The lowest BCUT2D eigenvalue weighted by Gasteiger charge is -2.36. The van der Waals surface area contributed by atoms with E-state index in [4.69, 9.17) is 9.47 Å². The molecule has 7 heteroatoms. The average molecular weight is 380 g/mol. The number of methoxy groups -OCH3 is 1. The average Bonchev–Trinajstić information content (AvgIpc) is 3.13. The van der Waals surface area contributed by atoms with Crippen molar-refractivity contribution in [2.45, 2.75) is 6.92 Å². The molecule has 4 rings (SSSR count). The minimum atomic E-state index is -0.00930. The molecule has 0 spiro atoms. The molecule has 3 aromatic rings. The maximum atomic E-state index is 12.6. The zero-order valence-corrected chi connectivity index (χ0v) is 16.2. The Kier molecular flexibility index (Phi) is 5.06. The zero-order valence-electron chi connectivity index (χ0n) is 16.2. The van der Waals surface area contributed by atoms with Crippen molar-refractivity contribution in [1.29, 1.82) is 0 Å². The van der Waals surface area contributed by atoms with E-state index in [9.17, 15) is 4.79 Å². The van der Waals surface area contributed by atoms with Crippen LogP contribution in [-0.4, -0.2) is 60.1 Å². The molecule has 7 nitrogen and oxygen atoms in total. The fourth-order valence-electron chi connectivity index (χ4n) is 3.54. The fourth-order valence-corrected chi connectivity index (χ4v) is 3.54. The van der Waals surface area contributed by atoms with Crippen LogP contribution in [0.25, 0.3) is 5.65 Å². The number of anilines is 1. The van der Waals surface area contributed by atoms with E-state index >= 15 is 0 Å². The van der Waals surface area contributed by atoms with E-state index in [1.54, 1.807) is 7.11 Å².